The second kappa shape index (κ2) is 11.7. The van der Waals surface area contributed by atoms with Gasteiger partial charge < -0.3 is 20.1 Å². The molecule has 0 heterocycles. The van der Waals surface area contributed by atoms with Gasteiger partial charge in [0, 0.05) is 13.1 Å². The number of carboxylic acids is 2. The summed E-state index contributed by atoms with van der Waals surface area (Å²) in [6.07, 6.45) is -0.526. The molecule has 0 aliphatic carbocycles. The van der Waals surface area contributed by atoms with Gasteiger partial charge in [-0.05, 0) is 42.4 Å². The molecule has 7 nitrogen and oxygen atoms in total. The summed E-state index contributed by atoms with van der Waals surface area (Å²) < 4.78 is 5.77. The van der Waals surface area contributed by atoms with Crippen LogP contribution in [0.25, 0.3) is 10.8 Å². The van der Waals surface area contributed by atoms with Crippen molar-refractivity contribution in [3.8, 4) is 5.75 Å². The van der Waals surface area contributed by atoms with Gasteiger partial charge in [0.25, 0.3) is 0 Å². The highest BCUT2D eigenvalue weighted by Crippen LogP contribution is 2.20. The number of benzene rings is 3. The second-order valence-electron chi connectivity index (χ2n) is 7.27. The van der Waals surface area contributed by atoms with Crippen molar-refractivity contribution in [1.82, 2.24) is 4.90 Å². The summed E-state index contributed by atoms with van der Waals surface area (Å²) in [5.41, 5.74) is 2.51. The van der Waals surface area contributed by atoms with Crippen LogP contribution < -0.4 is 4.74 Å². The van der Waals surface area contributed by atoms with Crippen LogP contribution >= 0.6 is 0 Å². The lowest BCUT2D eigenvalue weighted by atomic mass is 10.1. The maximum absolute atomic E-state index is 10.2. The molecule has 0 amide bonds. The Morgan fingerprint density at radius 3 is 2.16 bits per heavy atom. The smallest absolute Gasteiger partial charge is 0.414 e. The number of hydrogen-bond donors (Lipinski definition) is 3. The lowest BCUT2D eigenvalue weighted by Crippen LogP contribution is -2.32. The first kappa shape index (κ1) is 23.9. The molecule has 0 saturated carbocycles. The maximum Gasteiger partial charge on any atom is 0.414 e. The van der Waals surface area contributed by atoms with Crippen LogP contribution in [0.4, 0.5) is 0 Å². The van der Waals surface area contributed by atoms with E-state index in [-0.39, 0.29) is 6.61 Å². The first-order valence-corrected chi connectivity index (χ1v) is 9.74. The van der Waals surface area contributed by atoms with E-state index >= 15 is 0 Å². The van der Waals surface area contributed by atoms with Gasteiger partial charge in [-0.1, -0.05) is 60.2 Å². The number of rotatable bonds is 7. The number of likely N-dealkylation sites (N-methyl/N-ethyl adjacent to an activating group) is 1. The molecule has 0 aliphatic heterocycles. The van der Waals surface area contributed by atoms with Gasteiger partial charge in [-0.25, -0.2) is 9.59 Å². The molecule has 7 heteroatoms. The van der Waals surface area contributed by atoms with Crippen molar-refractivity contribution in [2.75, 3.05) is 20.2 Å². The molecule has 1 atom stereocenters. The number of nitrogens with zero attached hydrogens (tertiary/aromatic N) is 1. The number of carbonyl (C=O) groups is 2. The van der Waals surface area contributed by atoms with Crippen molar-refractivity contribution >= 4 is 22.7 Å². The van der Waals surface area contributed by atoms with Gasteiger partial charge in [-0.3, -0.25) is 4.90 Å². The Labute approximate surface area is 181 Å². The number of fused-ring (bicyclic) bond motifs is 1. The molecule has 3 aromatic rings. The number of aliphatic hydroxyl groups is 1. The van der Waals surface area contributed by atoms with Crippen LogP contribution in [0.5, 0.6) is 5.75 Å². The van der Waals surface area contributed by atoms with E-state index in [2.05, 4.69) is 48.2 Å². The van der Waals surface area contributed by atoms with E-state index in [4.69, 9.17) is 24.5 Å². The van der Waals surface area contributed by atoms with Crippen molar-refractivity contribution in [1.29, 1.82) is 0 Å². The number of aryl methyl sites for hydroxylation is 1. The largest absolute Gasteiger partial charge is 0.491 e. The van der Waals surface area contributed by atoms with E-state index < -0.39 is 18.0 Å². The molecule has 3 rings (SSSR count). The fourth-order valence-electron chi connectivity index (χ4n) is 2.93. The molecule has 1 unspecified atom stereocenters. The van der Waals surface area contributed by atoms with Crippen LogP contribution in [-0.2, 0) is 16.1 Å². The van der Waals surface area contributed by atoms with Gasteiger partial charge in [0.05, 0.1) is 0 Å². The zero-order chi connectivity index (χ0) is 22.8. The molecule has 0 aromatic heterocycles. The van der Waals surface area contributed by atoms with Gasteiger partial charge in [0.1, 0.15) is 18.5 Å². The van der Waals surface area contributed by atoms with Crippen LogP contribution in [0.2, 0.25) is 0 Å². The number of ether oxygens (including phenoxy) is 1. The highest BCUT2D eigenvalue weighted by molar-refractivity contribution is 6.27. The molecule has 3 aromatic carbocycles. The third-order valence-corrected chi connectivity index (χ3v) is 4.44. The molecular formula is C24H27NO6. The van der Waals surface area contributed by atoms with Crippen molar-refractivity contribution in [2.24, 2.45) is 0 Å². The number of aliphatic carboxylic acids is 2. The average molecular weight is 425 g/mol. The minimum absolute atomic E-state index is 0.288. The number of hydrogen-bond acceptors (Lipinski definition) is 5. The molecule has 164 valence electrons. The second-order valence-corrected chi connectivity index (χ2v) is 7.27. The van der Waals surface area contributed by atoms with E-state index in [1.165, 1.54) is 16.5 Å². The fraction of sp³-hybridized carbons (Fsp3) is 0.250. The molecule has 0 saturated heterocycles. The van der Waals surface area contributed by atoms with Crippen LogP contribution in [0.3, 0.4) is 0 Å². The molecular weight excluding hydrogens is 398 g/mol. The third-order valence-electron chi connectivity index (χ3n) is 4.44. The summed E-state index contributed by atoms with van der Waals surface area (Å²) in [5.74, 6) is -2.86. The van der Waals surface area contributed by atoms with Crippen LogP contribution in [0, 0.1) is 6.92 Å². The Morgan fingerprint density at radius 2 is 1.55 bits per heavy atom. The minimum Gasteiger partial charge on any atom is -0.491 e. The molecule has 3 N–H and O–H groups in total. The topological polar surface area (TPSA) is 107 Å². The quantitative estimate of drug-likeness (QED) is 0.499. The number of carboxylic acid groups (broad SMARTS) is 2. The monoisotopic (exact) mass is 425 g/mol. The average Bonchev–Trinajstić information content (AvgIpc) is 2.74. The van der Waals surface area contributed by atoms with Crippen LogP contribution in [0.1, 0.15) is 11.1 Å². The Hall–Kier alpha value is -3.42. The normalized spacial score (nSPS) is 11.5. The first-order valence-electron chi connectivity index (χ1n) is 9.74. The Kier molecular flexibility index (Phi) is 8.99. The zero-order valence-corrected chi connectivity index (χ0v) is 17.6. The summed E-state index contributed by atoms with van der Waals surface area (Å²) in [7, 11) is 2.01. The summed E-state index contributed by atoms with van der Waals surface area (Å²) in [4.78, 5) is 20.3. The molecule has 31 heavy (non-hydrogen) atoms. The maximum atomic E-state index is 10.2. The summed E-state index contributed by atoms with van der Waals surface area (Å²) in [5, 5.41) is 27.4. The Bertz CT molecular complexity index is 990. The SMILES string of the molecule is Cc1ccc(CN(C)CC(O)COc2ccc3ccccc3c2)cc1.O=C(O)C(=O)O. The molecule has 0 fully saturated rings. The summed E-state index contributed by atoms with van der Waals surface area (Å²) in [6, 6.07) is 22.7. The summed E-state index contributed by atoms with van der Waals surface area (Å²) >= 11 is 0. The van der Waals surface area contributed by atoms with E-state index in [1.54, 1.807) is 0 Å². The first-order chi connectivity index (χ1) is 14.7. The standard InChI is InChI=1S/C22H25NO2.C2H2O4/c1-17-7-9-18(10-8-17)14-23(2)15-21(24)16-25-22-12-11-19-5-3-4-6-20(19)13-22;3-1(4)2(5)6/h3-13,21,24H,14-16H2,1-2H3;(H,3,4)(H,5,6). The zero-order valence-electron chi connectivity index (χ0n) is 17.6. The van der Waals surface area contributed by atoms with E-state index in [9.17, 15) is 5.11 Å². The molecule has 0 bridgehead atoms. The van der Waals surface area contributed by atoms with E-state index in [0.29, 0.717) is 6.54 Å². The Balaban J connectivity index is 0.000000501. The van der Waals surface area contributed by atoms with Crippen molar-refractivity contribution in [3.63, 3.8) is 0 Å². The van der Waals surface area contributed by atoms with Gasteiger partial charge in [0.15, 0.2) is 0 Å². The molecule has 0 aliphatic rings. The lowest BCUT2D eigenvalue weighted by Gasteiger charge is -2.21. The van der Waals surface area contributed by atoms with Gasteiger partial charge in [-0.2, -0.15) is 0 Å². The highest BCUT2D eigenvalue weighted by atomic mass is 16.5. The van der Waals surface area contributed by atoms with Crippen LogP contribution in [-0.4, -0.2) is 58.5 Å². The van der Waals surface area contributed by atoms with Crippen molar-refractivity contribution < 1.29 is 29.6 Å². The predicted molar refractivity (Wildman–Crippen MR) is 118 cm³/mol. The van der Waals surface area contributed by atoms with E-state index in [0.717, 1.165) is 17.7 Å². The third kappa shape index (κ3) is 8.46. The van der Waals surface area contributed by atoms with Gasteiger partial charge >= 0.3 is 11.9 Å². The summed E-state index contributed by atoms with van der Waals surface area (Å²) in [6.45, 7) is 3.76. The van der Waals surface area contributed by atoms with E-state index in [1.807, 2.05) is 37.4 Å². The Morgan fingerprint density at radius 1 is 0.935 bits per heavy atom. The molecule has 0 spiro atoms. The molecule has 0 radical (unpaired) electrons. The minimum atomic E-state index is -1.82. The van der Waals surface area contributed by atoms with Gasteiger partial charge in [0.2, 0.25) is 0 Å². The predicted octanol–water partition coefficient (Wildman–Crippen LogP) is 3.18. The number of aliphatic hydroxyl groups excluding tert-OH is 1. The lowest BCUT2D eigenvalue weighted by molar-refractivity contribution is -0.159. The fourth-order valence-corrected chi connectivity index (χ4v) is 2.93. The van der Waals surface area contributed by atoms with Crippen LogP contribution in [0.15, 0.2) is 66.7 Å². The van der Waals surface area contributed by atoms with Gasteiger partial charge in [-0.15, -0.1) is 0 Å². The highest BCUT2D eigenvalue weighted by Gasteiger charge is 2.10. The van der Waals surface area contributed by atoms with Crippen molar-refractivity contribution in [3.05, 3.63) is 77.9 Å². The van der Waals surface area contributed by atoms with Crippen molar-refractivity contribution in [2.45, 2.75) is 19.6 Å².